The van der Waals surface area contributed by atoms with Gasteiger partial charge in [-0.1, -0.05) is 51.5 Å². The molecular weight excluding hydrogens is 324 g/mol. The van der Waals surface area contributed by atoms with Crippen molar-refractivity contribution in [2.24, 2.45) is 0 Å². The van der Waals surface area contributed by atoms with Crippen LogP contribution in [0.15, 0.2) is 24.3 Å². The van der Waals surface area contributed by atoms with Crippen molar-refractivity contribution in [1.82, 2.24) is 4.98 Å². The van der Waals surface area contributed by atoms with Crippen LogP contribution in [-0.2, 0) is 6.42 Å². The molecule has 0 radical (unpaired) electrons. The Labute approximate surface area is 147 Å². The number of benzene rings is 1. The van der Waals surface area contributed by atoms with E-state index in [1.165, 1.54) is 38.2 Å². The maximum absolute atomic E-state index is 14.1. The Kier molecular flexibility index (Phi) is 7.16. The fourth-order valence-corrected chi connectivity index (χ4v) is 2.95. The van der Waals surface area contributed by atoms with Gasteiger partial charge in [-0.05, 0) is 30.5 Å². The van der Waals surface area contributed by atoms with Crippen molar-refractivity contribution < 1.29 is 18.7 Å². The first kappa shape index (κ1) is 19.2. The smallest absolute Gasteiger partial charge is 0.355 e. The number of rotatable bonds is 10. The molecule has 0 aliphatic rings. The summed E-state index contributed by atoms with van der Waals surface area (Å²) >= 11 is 0. The van der Waals surface area contributed by atoms with Crippen LogP contribution in [-0.4, -0.2) is 16.1 Å². The standard InChI is InChI=1S/C20H25F2NO2/c1-2-3-4-5-6-7-8-9-14-10-11-16(21)15(12-14)18-13-17(22)19(23-18)20(24)25/h10-13,23H,2-9H2,1H3,(H,24,25). The van der Waals surface area contributed by atoms with Crippen molar-refractivity contribution in [3.05, 3.63) is 47.2 Å². The van der Waals surface area contributed by atoms with Gasteiger partial charge in [0.05, 0.1) is 5.69 Å². The van der Waals surface area contributed by atoms with Crippen LogP contribution in [0.25, 0.3) is 11.3 Å². The maximum Gasteiger partial charge on any atom is 0.355 e. The van der Waals surface area contributed by atoms with E-state index >= 15 is 0 Å². The number of unbranched alkanes of at least 4 members (excludes halogenated alkanes) is 6. The minimum Gasteiger partial charge on any atom is -0.476 e. The number of hydrogen-bond acceptors (Lipinski definition) is 1. The second kappa shape index (κ2) is 9.35. The van der Waals surface area contributed by atoms with Crippen LogP contribution < -0.4 is 0 Å². The van der Waals surface area contributed by atoms with Crippen LogP contribution in [0.2, 0.25) is 0 Å². The second-order valence-electron chi connectivity index (χ2n) is 6.40. The Bertz CT molecular complexity index is 710. The van der Waals surface area contributed by atoms with Crippen LogP contribution in [0.4, 0.5) is 8.78 Å². The van der Waals surface area contributed by atoms with Crippen LogP contribution >= 0.6 is 0 Å². The quantitative estimate of drug-likeness (QED) is 0.521. The summed E-state index contributed by atoms with van der Waals surface area (Å²) in [6.07, 6.45) is 9.25. The Morgan fingerprint density at radius 1 is 1.00 bits per heavy atom. The number of nitrogens with one attached hydrogen (secondary N) is 1. The van der Waals surface area contributed by atoms with Gasteiger partial charge in [0.25, 0.3) is 0 Å². The van der Waals surface area contributed by atoms with E-state index in [9.17, 15) is 13.6 Å². The zero-order valence-corrected chi connectivity index (χ0v) is 14.6. The summed E-state index contributed by atoms with van der Waals surface area (Å²) in [5.41, 5.74) is 0.768. The molecule has 2 rings (SSSR count). The number of carboxylic acid groups (broad SMARTS) is 1. The molecule has 0 spiro atoms. The van der Waals surface area contributed by atoms with E-state index in [2.05, 4.69) is 11.9 Å². The number of carboxylic acids is 1. The molecule has 0 saturated carbocycles. The number of carbonyl (C=O) groups is 1. The van der Waals surface area contributed by atoms with Gasteiger partial charge in [-0.2, -0.15) is 0 Å². The lowest BCUT2D eigenvalue weighted by atomic mass is 10.0. The van der Waals surface area contributed by atoms with Crippen LogP contribution in [0, 0.1) is 11.6 Å². The van der Waals surface area contributed by atoms with Gasteiger partial charge < -0.3 is 10.1 Å². The minimum atomic E-state index is -1.40. The Hall–Kier alpha value is -2.17. The van der Waals surface area contributed by atoms with Crippen LogP contribution in [0.1, 0.15) is 67.9 Å². The molecule has 0 aliphatic carbocycles. The molecule has 3 nitrogen and oxygen atoms in total. The van der Waals surface area contributed by atoms with E-state index in [1.54, 1.807) is 12.1 Å². The summed E-state index contributed by atoms with van der Waals surface area (Å²) in [4.78, 5) is 13.4. The summed E-state index contributed by atoms with van der Waals surface area (Å²) < 4.78 is 27.7. The lowest BCUT2D eigenvalue weighted by Crippen LogP contribution is -1.99. The fourth-order valence-electron chi connectivity index (χ4n) is 2.95. The third-order valence-corrected chi connectivity index (χ3v) is 4.37. The molecule has 0 fully saturated rings. The molecule has 1 aromatic carbocycles. The van der Waals surface area contributed by atoms with Gasteiger partial charge in [0.2, 0.25) is 0 Å². The van der Waals surface area contributed by atoms with Crippen molar-refractivity contribution in [2.45, 2.75) is 58.3 Å². The summed E-state index contributed by atoms with van der Waals surface area (Å²) in [7, 11) is 0. The highest BCUT2D eigenvalue weighted by Gasteiger charge is 2.17. The largest absolute Gasteiger partial charge is 0.476 e. The van der Waals surface area contributed by atoms with Crippen molar-refractivity contribution in [2.75, 3.05) is 0 Å². The monoisotopic (exact) mass is 349 g/mol. The Morgan fingerprint density at radius 3 is 2.32 bits per heavy atom. The number of aryl methyl sites for hydroxylation is 1. The van der Waals surface area contributed by atoms with E-state index in [4.69, 9.17) is 5.11 Å². The first-order valence-electron chi connectivity index (χ1n) is 8.93. The Morgan fingerprint density at radius 2 is 1.68 bits per heavy atom. The molecule has 0 atom stereocenters. The number of aromatic carboxylic acids is 1. The van der Waals surface area contributed by atoms with Crippen LogP contribution in [0.5, 0.6) is 0 Å². The molecule has 2 aromatic rings. The maximum atomic E-state index is 14.1. The third-order valence-electron chi connectivity index (χ3n) is 4.37. The van der Waals surface area contributed by atoms with E-state index in [0.717, 1.165) is 30.9 Å². The van der Waals surface area contributed by atoms with Gasteiger partial charge in [-0.3, -0.25) is 0 Å². The molecule has 1 aromatic heterocycles. The first-order valence-corrected chi connectivity index (χ1v) is 8.93. The van der Waals surface area contributed by atoms with Gasteiger partial charge in [0, 0.05) is 11.6 Å². The molecule has 5 heteroatoms. The van der Waals surface area contributed by atoms with E-state index < -0.39 is 23.3 Å². The molecule has 0 saturated heterocycles. The molecule has 136 valence electrons. The van der Waals surface area contributed by atoms with Gasteiger partial charge >= 0.3 is 5.97 Å². The molecule has 2 N–H and O–H groups in total. The van der Waals surface area contributed by atoms with Gasteiger partial charge in [0.15, 0.2) is 11.5 Å². The predicted molar refractivity (Wildman–Crippen MR) is 94.8 cm³/mol. The third kappa shape index (κ3) is 5.41. The van der Waals surface area contributed by atoms with Gasteiger partial charge in [0.1, 0.15) is 5.82 Å². The van der Waals surface area contributed by atoms with Gasteiger partial charge in [-0.15, -0.1) is 0 Å². The highest BCUT2D eigenvalue weighted by atomic mass is 19.1. The van der Waals surface area contributed by atoms with Gasteiger partial charge in [-0.25, -0.2) is 13.6 Å². The average molecular weight is 349 g/mol. The van der Waals surface area contributed by atoms with Crippen molar-refractivity contribution in [3.8, 4) is 11.3 Å². The molecular formula is C20H25F2NO2. The number of halogens is 2. The molecule has 0 amide bonds. The van der Waals surface area contributed by atoms with E-state index in [1.807, 2.05) is 0 Å². The zero-order chi connectivity index (χ0) is 18.2. The number of H-pyrrole nitrogens is 1. The first-order chi connectivity index (χ1) is 12.0. The number of aromatic amines is 1. The van der Waals surface area contributed by atoms with Crippen molar-refractivity contribution >= 4 is 5.97 Å². The molecule has 0 aliphatic heterocycles. The minimum absolute atomic E-state index is 0.147. The van der Waals surface area contributed by atoms with E-state index in [0.29, 0.717) is 0 Å². The fraction of sp³-hybridized carbons (Fsp3) is 0.450. The predicted octanol–water partition coefficient (Wildman–Crippen LogP) is 5.95. The highest BCUT2D eigenvalue weighted by molar-refractivity contribution is 5.87. The second-order valence-corrected chi connectivity index (χ2v) is 6.40. The van der Waals surface area contributed by atoms with Crippen molar-refractivity contribution in [3.63, 3.8) is 0 Å². The molecule has 0 unspecified atom stereocenters. The number of hydrogen-bond donors (Lipinski definition) is 2. The average Bonchev–Trinajstić information content (AvgIpc) is 2.97. The summed E-state index contributed by atoms with van der Waals surface area (Å²) in [6, 6.07) is 5.78. The highest BCUT2D eigenvalue weighted by Crippen LogP contribution is 2.26. The lowest BCUT2D eigenvalue weighted by molar-refractivity contribution is 0.0686. The van der Waals surface area contributed by atoms with E-state index in [-0.39, 0.29) is 11.3 Å². The Balaban J connectivity index is 1.98. The summed E-state index contributed by atoms with van der Waals surface area (Å²) in [6.45, 7) is 2.20. The topological polar surface area (TPSA) is 53.1 Å². The summed E-state index contributed by atoms with van der Waals surface area (Å²) in [5, 5.41) is 8.91. The lowest BCUT2D eigenvalue weighted by Gasteiger charge is -2.06. The molecule has 25 heavy (non-hydrogen) atoms. The summed E-state index contributed by atoms with van der Waals surface area (Å²) in [5.74, 6) is -2.79. The number of aromatic nitrogens is 1. The van der Waals surface area contributed by atoms with Crippen molar-refractivity contribution in [1.29, 1.82) is 0 Å². The SMILES string of the molecule is CCCCCCCCCc1ccc(F)c(-c2cc(F)c(C(=O)O)[nH]2)c1. The van der Waals surface area contributed by atoms with Crippen LogP contribution in [0.3, 0.4) is 0 Å². The molecule has 0 bridgehead atoms. The zero-order valence-electron chi connectivity index (χ0n) is 14.6. The normalized spacial score (nSPS) is 11.0. The molecule has 1 heterocycles.